The summed E-state index contributed by atoms with van der Waals surface area (Å²) < 4.78 is 123. The van der Waals surface area contributed by atoms with Crippen molar-refractivity contribution in [2.45, 2.75) is 241 Å². The number of hydrogen-bond acceptors (Lipinski definition) is 18. The number of halogens is 4. The van der Waals surface area contributed by atoms with Crippen LogP contribution in [-0.4, -0.2) is 156 Å². The maximum Gasteiger partial charge on any atom is 0.377 e. The molecule has 115 heavy (non-hydrogen) atoms. The highest BCUT2D eigenvalue weighted by Gasteiger charge is 2.76. The molecule has 8 saturated carbocycles. The lowest BCUT2D eigenvalue weighted by Crippen LogP contribution is -2.66. The van der Waals surface area contributed by atoms with Crippen LogP contribution in [0.25, 0.3) is 0 Å². The maximum atomic E-state index is 13.5. The standard InChI is InChI=1S/C21H24F2O9.C19H22F2O8.2C18H15S.C14H21OS/c1-8(24)27-14-12-13(28-16(14)25)15-17(29-12)31-21(30-15)10-3-9-4-11(21)7-20(5-9,6-10)32-18(26)19(2,22)23;1-17(20,21)16(24)29-18-4-7-2-8(5-18)19(9(3-7)6-18)27-13-12-11(26-15(13)28-19)10(22)14(23)25-12;2*1-4-10-16(11-5-1)19(17-12-6-2-7-13-17)18-14-8-3-9-15-18;1-14(2,3)12-4-6-13(7-5-12)16-10-8-15-9-11-16/h9-15,17H,3-7H2,1-2H3;7-13,15,22H,2-6H2,1H3;2*1-15H;4-7H,8-11H2,1-3H3/q;;3*+1. The molecule has 608 valence electrons. The molecular weight excluding hydrogens is 1540 g/mol. The van der Waals surface area contributed by atoms with Crippen LogP contribution in [0.4, 0.5) is 17.6 Å². The Balaban J connectivity index is 0.000000111. The SMILES string of the molecule is CC(=O)OC1C(=O)OC2C3OC4(OC3OC12)C1CC2CC4CC(OC(=O)C(C)(F)F)(C2)C1.CC(C)(C)c1ccc([S+]2CCOCC2)cc1.CC(F)(F)C(=O)OC12CC3CC(C1)C1(OC4OC5C(O)C(=O)OC5C4O1)C(C3)C2.c1ccc([S+](c2ccccc2)c2ccccc2)cc1.c1ccc([S+](c2ccccc2)c2ccccc2)cc1. The molecule has 15 fully saturated rings. The van der Waals surface area contributed by atoms with E-state index in [-0.39, 0.29) is 62.7 Å². The second-order valence-corrected chi connectivity index (χ2v) is 39.8. The van der Waals surface area contributed by atoms with Crippen molar-refractivity contribution in [3.63, 3.8) is 0 Å². The van der Waals surface area contributed by atoms with Gasteiger partial charge in [0.1, 0.15) is 34.9 Å². The highest BCUT2D eigenvalue weighted by atomic mass is 32.2. The zero-order valence-corrected chi connectivity index (χ0v) is 67.3. The molecule has 7 heterocycles. The molecule has 8 aliphatic carbocycles. The van der Waals surface area contributed by atoms with E-state index in [1.807, 2.05) is 0 Å². The summed E-state index contributed by atoms with van der Waals surface area (Å²) in [6, 6.07) is 73.5. The zero-order chi connectivity index (χ0) is 80.4. The van der Waals surface area contributed by atoms with Crippen LogP contribution in [0.15, 0.2) is 241 Å². The van der Waals surface area contributed by atoms with Crippen LogP contribution in [0.5, 0.6) is 0 Å². The van der Waals surface area contributed by atoms with Crippen LogP contribution < -0.4 is 0 Å². The van der Waals surface area contributed by atoms with Crippen molar-refractivity contribution in [1.82, 2.24) is 0 Å². The van der Waals surface area contributed by atoms with Crippen LogP contribution in [0.3, 0.4) is 0 Å². The monoisotopic (exact) mass is 1640 g/mol. The number of hydrogen-bond donors (Lipinski definition) is 1. The van der Waals surface area contributed by atoms with E-state index in [9.17, 15) is 46.6 Å². The van der Waals surface area contributed by atoms with E-state index in [0.717, 1.165) is 38.9 Å². The summed E-state index contributed by atoms with van der Waals surface area (Å²) in [5.74, 6) is -11.8. The molecule has 14 atom stereocenters. The minimum absolute atomic E-state index is 0.0146. The Morgan fingerprint density at radius 3 is 1.12 bits per heavy atom. The summed E-state index contributed by atoms with van der Waals surface area (Å²) in [6.45, 7) is 10.9. The van der Waals surface area contributed by atoms with E-state index in [0.29, 0.717) is 63.3 Å². The number of aliphatic hydroxyl groups is 1. The first-order valence-electron chi connectivity index (χ1n) is 39.7. The lowest BCUT2D eigenvalue weighted by molar-refractivity contribution is -0.343. The van der Waals surface area contributed by atoms with Crippen molar-refractivity contribution in [3.8, 4) is 0 Å². The maximum absolute atomic E-state index is 13.5. The van der Waals surface area contributed by atoms with Crippen molar-refractivity contribution in [1.29, 1.82) is 0 Å². The fourth-order valence-corrected chi connectivity index (χ4v) is 25.7. The molecule has 1 N–H and O–H groups in total. The molecular formula is C90H97F4O18S3+3. The van der Waals surface area contributed by atoms with Gasteiger partial charge in [-0.3, -0.25) is 4.79 Å². The highest BCUT2D eigenvalue weighted by molar-refractivity contribution is 7.97. The van der Waals surface area contributed by atoms with Gasteiger partial charge in [-0.15, -0.1) is 0 Å². The first kappa shape index (κ1) is 81.1. The Bertz CT molecular complexity index is 4240. The molecule has 18 nitrogen and oxygen atoms in total. The van der Waals surface area contributed by atoms with Crippen molar-refractivity contribution in [2.24, 2.45) is 35.5 Å². The number of ether oxygens (including phenoxy) is 12. The molecule has 0 aromatic heterocycles. The molecule has 15 aliphatic rings. The molecule has 7 aromatic carbocycles. The van der Waals surface area contributed by atoms with Crippen molar-refractivity contribution in [3.05, 3.63) is 212 Å². The normalized spacial score (nSPS) is 33.9. The Hall–Kier alpha value is -7.66. The second kappa shape index (κ2) is 32.6. The van der Waals surface area contributed by atoms with Crippen molar-refractivity contribution in [2.75, 3.05) is 24.7 Å². The van der Waals surface area contributed by atoms with Crippen LogP contribution in [0.2, 0.25) is 0 Å². The number of fused-ring (bicyclic) bond motifs is 6. The summed E-state index contributed by atoms with van der Waals surface area (Å²) in [5, 5.41) is 9.89. The number of benzene rings is 7. The molecule has 22 rings (SSSR count). The molecule has 25 heteroatoms. The van der Waals surface area contributed by atoms with Gasteiger partial charge in [0, 0.05) is 55.3 Å². The van der Waals surface area contributed by atoms with E-state index in [2.05, 4.69) is 227 Å². The molecule has 7 aromatic rings. The van der Waals surface area contributed by atoms with Crippen LogP contribution in [-0.2, 0) is 119 Å². The van der Waals surface area contributed by atoms with Crippen molar-refractivity contribution >= 4 is 62.5 Å². The molecule has 0 radical (unpaired) electrons. The van der Waals surface area contributed by atoms with Crippen LogP contribution >= 0.6 is 0 Å². The van der Waals surface area contributed by atoms with Gasteiger partial charge in [0.25, 0.3) is 0 Å². The van der Waals surface area contributed by atoms with Gasteiger partial charge in [-0.1, -0.05) is 142 Å². The third-order valence-corrected chi connectivity index (χ3v) is 31.0. The van der Waals surface area contributed by atoms with Gasteiger partial charge in [0.15, 0.2) is 88.9 Å². The van der Waals surface area contributed by atoms with Gasteiger partial charge in [-0.25, -0.2) is 19.2 Å². The number of esters is 5. The van der Waals surface area contributed by atoms with Gasteiger partial charge < -0.3 is 61.9 Å². The van der Waals surface area contributed by atoms with Gasteiger partial charge in [0.2, 0.25) is 6.10 Å². The minimum atomic E-state index is -3.55. The average Bonchev–Trinajstić information content (AvgIpc) is 1.60. The lowest BCUT2D eigenvalue weighted by atomic mass is 9.51. The van der Waals surface area contributed by atoms with E-state index in [1.54, 1.807) is 0 Å². The minimum Gasteiger partial charge on any atom is -0.455 e. The Morgan fingerprint density at radius 1 is 0.443 bits per heavy atom. The Labute approximate surface area is 675 Å². The van der Waals surface area contributed by atoms with Gasteiger partial charge in [-0.2, -0.15) is 17.6 Å². The third-order valence-electron chi connectivity index (χ3n) is 24.3. The molecule has 2 spiro atoms. The molecule has 7 aliphatic heterocycles. The highest BCUT2D eigenvalue weighted by Crippen LogP contribution is 2.68. The van der Waals surface area contributed by atoms with Crippen molar-refractivity contribution < 1.29 is 103 Å². The Kier molecular flexibility index (Phi) is 23.0. The first-order valence-corrected chi connectivity index (χ1v) is 43.7. The van der Waals surface area contributed by atoms with Gasteiger partial charge >= 0.3 is 41.7 Å². The molecule has 8 bridgehead atoms. The smallest absolute Gasteiger partial charge is 0.377 e. The van der Waals surface area contributed by atoms with Crippen LogP contribution in [0, 0.1) is 35.5 Å². The summed E-state index contributed by atoms with van der Waals surface area (Å²) in [6.07, 6.45) is -2.77. The van der Waals surface area contributed by atoms with Gasteiger partial charge in [-0.05, 0) is 172 Å². The summed E-state index contributed by atoms with van der Waals surface area (Å²) in [7, 11) is 0.403. The topological polar surface area (TPSA) is 216 Å². The predicted molar refractivity (Wildman–Crippen MR) is 416 cm³/mol. The van der Waals surface area contributed by atoms with Gasteiger partial charge in [0.05, 0.1) is 35.0 Å². The van der Waals surface area contributed by atoms with E-state index in [4.69, 9.17) is 56.8 Å². The largest absolute Gasteiger partial charge is 0.455 e. The molecule has 0 amide bonds. The van der Waals surface area contributed by atoms with E-state index in [1.165, 1.54) is 58.3 Å². The third kappa shape index (κ3) is 16.6. The fraction of sp³-hybridized carbons (Fsp3) is 0.478. The molecule has 7 saturated heterocycles. The zero-order valence-electron chi connectivity index (χ0n) is 64.9. The Morgan fingerprint density at radius 2 is 0.783 bits per heavy atom. The summed E-state index contributed by atoms with van der Waals surface area (Å²) in [5.41, 5.74) is -0.167. The first-order chi connectivity index (χ1) is 55.1. The summed E-state index contributed by atoms with van der Waals surface area (Å²) >= 11 is 0. The van der Waals surface area contributed by atoms with E-state index < -0.39 is 126 Å². The summed E-state index contributed by atoms with van der Waals surface area (Å²) in [4.78, 5) is 68.7. The molecule has 14 unspecified atom stereocenters. The lowest BCUT2D eigenvalue weighted by Gasteiger charge is -2.62. The predicted octanol–water partition coefficient (Wildman–Crippen LogP) is 14.9. The quantitative estimate of drug-likeness (QED) is 0.0521. The fourth-order valence-electron chi connectivity index (χ4n) is 19.7. The van der Waals surface area contributed by atoms with E-state index >= 15 is 0 Å². The number of aliphatic hydroxyl groups excluding tert-OH is 1. The average molecular weight is 1640 g/mol. The van der Waals surface area contributed by atoms with Crippen LogP contribution in [0.1, 0.15) is 111 Å². The number of carbonyl (C=O) groups is 5. The number of rotatable bonds is 12. The number of carbonyl (C=O) groups excluding carboxylic acids is 5. The number of alkyl halides is 4. The second-order valence-electron chi connectivity index (χ2n) is 33.4.